The summed E-state index contributed by atoms with van der Waals surface area (Å²) in [5.41, 5.74) is 1.89. The first-order valence-electron chi connectivity index (χ1n) is 6.20. The second-order valence-electron chi connectivity index (χ2n) is 5.15. The molecule has 2 nitrogen and oxygen atoms in total. The van der Waals surface area contributed by atoms with E-state index in [2.05, 4.69) is 6.07 Å². The van der Waals surface area contributed by atoms with E-state index < -0.39 is 9.84 Å². The fourth-order valence-electron chi connectivity index (χ4n) is 2.12. The summed E-state index contributed by atoms with van der Waals surface area (Å²) >= 11 is 12.3. The quantitative estimate of drug-likeness (QED) is 0.719. The third-order valence-corrected chi connectivity index (χ3v) is 5.37. The second kappa shape index (κ2) is 6.96. The van der Waals surface area contributed by atoms with Crippen molar-refractivity contribution in [1.29, 1.82) is 0 Å². The Morgan fingerprint density at radius 2 is 1.84 bits per heavy atom. The molecular formula is C14H20Cl2O2S. The molecule has 0 N–H and O–H groups in total. The topological polar surface area (TPSA) is 34.1 Å². The molecule has 1 aromatic rings. The molecule has 1 aromatic carbocycles. The van der Waals surface area contributed by atoms with Gasteiger partial charge in [0.1, 0.15) is 9.84 Å². The van der Waals surface area contributed by atoms with E-state index in [1.54, 1.807) is 0 Å². The fourth-order valence-corrected chi connectivity index (χ4v) is 3.65. The number of benzene rings is 1. The Morgan fingerprint density at radius 3 is 2.32 bits per heavy atom. The van der Waals surface area contributed by atoms with E-state index in [0.717, 1.165) is 11.1 Å². The second-order valence-corrected chi connectivity index (χ2v) is 7.94. The van der Waals surface area contributed by atoms with Crippen molar-refractivity contribution >= 4 is 33.0 Å². The van der Waals surface area contributed by atoms with Gasteiger partial charge in [-0.25, -0.2) is 8.42 Å². The number of hydrogen-bond donors (Lipinski definition) is 0. The minimum atomic E-state index is -2.94. The Hall–Kier alpha value is -0.250. The van der Waals surface area contributed by atoms with Gasteiger partial charge in [0.2, 0.25) is 0 Å². The maximum Gasteiger partial charge on any atom is 0.147 e. The van der Waals surface area contributed by atoms with Gasteiger partial charge >= 0.3 is 0 Å². The van der Waals surface area contributed by atoms with Crippen LogP contribution in [0.25, 0.3) is 0 Å². The van der Waals surface area contributed by atoms with E-state index in [1.165, 1.54) is 6.26 Å². The summed E-state index contributed by atoms with van der Waals surface area (Å²) in [4.78, 5) is 0. The van der Waals surface area contributed by atoms with Gasteiger partial charge < -0.3 is 0 Å². The molecule has 0 fully saturated rings. The van der Waals surface area contributed by atoms with Gasteiger partial charge in [-0.05, 0) is 25.3 Å². The fraction of sp³-hybridized carbons (Fsp3) is 0.571. The van der Waals surface area contributed by atoms with E-state index in [9.17, 15) is 8.42 Å². The van der Waals surface area contributed by atoms with Crippen LogP contribution in [0.4, 0.5) is 0 Å². The monoisotopic (exact) mass is 322 g/mol. The van der Waals surface area contributed by atoms with Crippen LogP contribution in [-0.2, 0) is 15.3 Å². The van der Waals surface area contributed by atoms with Gasteiger partial charge in [0.15, 0.2) is 0 Å². The molecule has 5 heteroatoms. The van der Waals surface area contributed by atoms with Crippen LogP contribution in [0.3, 0.4) is 0 Å². The molecule has 0 saturated carbocycles. The SMILES string of the molecule is Cc1cccc(C(CCl)(CCl)CCCS(C)(=O)=O)c1. The number of sulfone groups is 1. The van der Waals surface area contributed by atoms with Gasteiger partial charge in [-0.1, -0.05) is 29.8 Å². The van der Waals surface area contributed by atoms with Gasteiger partial charge in [0.05, 0.1) is 0 Å². The minimum absolute atomic E-state index is 0.175. The Morgan fingerprint density at radius 1 is 1.21 bits per heavy atom. The smallest absolute Gasteiger partial charge is 0.147 e. The van der Waals surface area contributed by atoms with Crippen molar-refractivity contribution < 1.29 is 8.42 Å². The van der Waals surface area contributed by atoms with E-state index in [-0.39, 0.29) is 11.2 Å². The molecule has 0 aromatic heterocycles. The van der Waals surface area contributed by atoms with E-state index in [0.29, 0.717) is 24.6 Å². The molecule has 0 saturated heterocycles. The standard InChI is InChI=1S/C14H20Cl2O2S/c1-12-5-3-6-13(9-12)14(10-15,11-16)7-4-8-19(2,17)18/h3,5-6,9H,4,7-8,10-11H2,1-2H3. The average Bonchev–Trinajstić information content (AvgIpc) is 2.34. The molecule has 19 heavy (non-hydrogen) atoms. The number of hydrogen-bond acceptors (Lipinski definition) is 2. The summed E-state index contributed by atoms with van der Waals surface area (Å²) in [6.45, 7) is 2.02. The summed E-state index contributed by atoms with van der Waals surface area (Å²) < 4.78 is 22.4. The maximum atomic E-state index is 11.2. The number of alkyl halides is 2. The Labute approximate surface area is 126 Å². The van der Waals surface area contributed by atoms with Crippen molar-refractivity contribution in [2.75, 3.05) is 23.8 Å². The molecule has 0 radical (unpaired) electrons. The molecule has 0 aliphatic rings. The highest BCUT2D eigenvalue weighted by Crippen LogP contribution is 2.33. The van der Waals surface area contributed by atoms with Crippen LogP contribution in [-0.4, -0.2) is 32.2 Å². The summed E-state index contributed by atoms with van der Waals surface area (Å²) in [5.74, 6) is 0.960. The zero-order valence-electron chi connectivity index (χ0n) is 11.3. The lowest BCUT2D eigenvalue weighted by Gasteiger charge is -2.30. The molecule has 0 amide bonds. The van der Waals surface area contributed by atoms with Gasteiger partial charge in [-0.2, -0.15) is 0 Å². The third-order valence-electron chi connectivity index (χ3n) is 3.31. The van der Waals surface area contributed by atoms with Crippen molar-refractivity contribution in [2.45, 2.75) is 25.2 Å². The number of aryl methyl sites for hydroxylation is 1. The molecule has 0 aliphatic carbocycles. The van der Waals surface area contributed by atoms with Crippen molar-refractivity contribution in [2.24, 2.45) is 0 Å². The molecule has 0 unspecified atom stereocenters. The summed E-state index contributed by atoms with van der Waals surface area (Å²) in [5, 5.41) is 0. The van der Waals surface area contributed by atoms with Crippen LogP contribution in [0.2, 0.25) is 0 Å². The van der Waals surface area contributed by atoms with Crippen LogP contribution in [0, 0.1) is 6.92 Å². The molecule has 1 rings (SSSR count). The molecule has 0 atom stereocenters. The Kier molecular flexibility index (Phi) is 6.15. The Bertz CT molecular complexity index is 508. The highest BCUT2D eigenvalue weighted by atomic mass is 35.5. The highest BCUT2D eigenvalue weighted by Gasteiger charge is 2.30. The summed E-state index contributed by atoms with van der Waals surface area (Å²) in [7, 11) is -2.94. The van der Waals surface area contributed by atoms with Crippen LogP contribution in [0.15, 0.2) is 24.3 Å². The van der Waals surface area contributed by atoms with Crippen LogP contribution < -0.4 is 0 Å². The first kappa shape index (κ1) is 16.8. The first-order valence-corrected chi connectivity index (χ1v) is 9.33. The van der Waals surface area contributed by atoms with Crippen molar-refractivity contribution in [3.05, 3.63) is 35.4 Å². The third kappa shape index (κ3) is 4.97. The Balaban J connectivity index is 2.91. The van der Waals surface area contributed by atoms with Crippen molar-refractivity contribution in [3.63, 3.8) is 0 Å². The lowest BCUT2D eigenvalue weighted by Crippen LogP contribution is -2.31. The molecule has 0 aliphatic heterocycles. The molecule has 0 spiro atoms. The zero-order valence-corrected chi connectivity index (χ0v) is 13.7. The summed E-state index contributed by atoms with van der Waals surface area (Å²) in [6.07, 6.45) is 2.51. The van der Waals surface area contributed by atoms with Crippen LogP contribution >= 0.6 is 23.2 Å². The van der Waals surface area contributed by atoms with Crippen LogP contribution in [0.5, 0.6) is 0 Å². The van der Waals surface area contributed by atoms with Crippen molar-refractivity contribution in [3.8, 4) is 0 Å². The zero-order chi connectivity index (χ0) is 14.5. The van der Waals surface area contributed by atoms with E-state index in [4.69, 9.17) is 23.2 Å². The normalized spacial score (nSPS) is 12.6. The minimum Gasteiger partial charge on any atom is -0.229 e. The average molecular weight is 323 g/mol. The molecule has 108 valence electrons. The lowest BCUT2D eigenvalue weighted by atomic mass is 9.80. The molecule has 0 heterocycles. The largest absolute Gasteiger partial charge is 0.229 e. The van der Waals surface area contributed by atoms with Crippen LogP contribution in [0.1, 0.15) is 24.0 Å². The number of halogens is 2. The number of rotatable bonds is 7. The van der Waals surface area contributed by atoms with Gasteiger partial charge in [0, 0.05) is 29.2 Å². The predicted molar refractivity (Wildman–Crippen MR) is 83.2 cm³/mol. The van der Waals surface area contributed by atoms with Gasteiger partial charge in [-0.3, -0.25) is 0 Å². The molecule has 0 bridgehead atoms. The molecular weight excluding hydrogens is 303 g/mol. The first-order chi connectivity index (χ1) is 8.83. The van der Waals surface area contributed by atoms with Gasteiger partial charge in [-0.15, -0.1) is 23.2 Å². The highest BCUT2D eigenvalue weighted by molar-refractivity contribution is 7.90. The van der Waals surface area contributed by atoms with E-state index in [1.807, 2.05) is 25.1 Å². The van der Waals surface area contributed by atoms with E-state index >= 15 is 0 Å². The predicted octanol–water partition coefficient (Wildman–Crippen LogP) is 3.54. The maximum absolute atomic E-state index is 11.2. The van der Waals surface area contributed by atoms with Gasteiger partial charge in [0.25, 0.3) is 0 Å². The van der Waals surface area contributed by atoms with Crippen molar-refractivity contribution in [1.82, 2.24) is 0 Å². The summed E-state index contributed by atoms with van der Waals surface area (Å²) in [6, 6.07) is 8.09. The lowest BCUT2D eigenvalue weighted by molar-refractivity contribution is 0.483.